The van der Waals surface area contributed by atoms with Crippen molar-refractivity contribution in [2.24, 2.45) is 0 Å². The summed E-state index contributed by atoms with van der Waals surface area (Å²) in [5.74, 6) is 0.202. The van der Waals surface area contributed by atoms with E-state index in [-0.39, 0.29) is 11.4 Å². The zero-order valence-corrected chi connectivity index (χ0v) is 15.0. The predicted molar refractivity (Wildman–Crippen MR) is 98.6 cm³/mol. The molecule has 0 fully saturated rings. The summed E-state index contributed by atoms with van der Waals surface area (Å²) >= 11 is 0. The Morgan fingerprint density at radius 1 is 1.11 bits per heavy atom. The third kappa shape index (κ3) is 4.33. The molecule has 3 rings (SSSR count). The van der Waals surface area contributed by atoms with Gasteiger partial charge in [-0.15, -0.1) is 0 Å². The van der Waals surface area contributed by atoms with Crippen LogP contribution in [0.3, 0.4) is 0 Å². The lowest BCUT2D eigenvalue weighted by atomic mass is 10.2. The van der Waals surface area contributed by atoms with E-state index in [0.29, 0.717) is 12.1 Å². The molecule has 1 aromatic heterocycles. The molecule has 3 aromatic rings. The molecule has 0 radical (unpaired) electrons. The van der Waals surface area contributed by atoms with Gasteiger partial charge in [-0.25, -0.2) is 9.48 Å². The molecule has 28 heavy (non-hydrogen) atoms. The maximum Gasteiger partial charge on any atom is 0.418 e. The molecule has 0 spiro atoms. The molecule has 0 saturated carbocycles. The standard InChI is InChI=1S/C20H18F3N3O2/c1-2-8-17-18(13-24-26(17)14-9-4-3-5-10-14)28-19(27)25-16-12-7-6-11-15(16)20(21,22)23/h3-7,9-13H,2,8H2,1H3,(H,25,27). The number of para-hydroxylation sites is 2. The molecule has 0 saturated heterocycles. The number of carbonyl (C=O) groups is 1. The fraction of sp³-hybridized carbons (Fsp3) is 0.200. The fourth-order valence-corrected chi connectivity index (χ4v) is 2.78. The summed E-state index contributed by atoms with van der Waals surface area (Å²) in [5, 5.41) is 6.42. The highest BCUT2D eigenvalue weighted by molar-refractivity contribution is 5.87. The first kappa shape index (κ1) is 19.5. The van der Waals surface area contributed by atoms with Crippen molar-refractivity contribution < 1.29 is 22.7 Å². The smallest absolute Gasteiger partial charge is 0.406 e. The molecule has 0 bridgehead atoms. The lowest BCUT2D eigenvalue weighted by Crippen LogP contribution is -2.20. The molecular weight excluding hydrogens is 371 g/mol. The quantitative estimate of drug-likeness (QED) is 0.631. The SMILES string of the molecule is CCCc1c(OC(=O)Nc2ccccc2C(F)(F)F)cnn1-c1ccccc1. The van der Waals surface area contributed by atoms with Gasteiger partial charge in [0.15, 0.2) is 5.75 Å². The Morgan fingerprint density at radius 2 is 1.79 bits per heavy atom. The van der Waals surface area contributed by atoms with E-state index < -0.39 is 17.8 Å². The van der Waals surface area contributed by atoms with Crippen molar-refractivity contribution in [2.45, 2.75) is 25.9 Å². The molecule has 1 heterocycles. The topological polar surface area (TPSA) is 56.1 Å². The third-order valence-electron chi connectivity index (χ3n) is 3.99. The van der Waals surface area contributed by atoms with Gasteiger partial charge in [0, 0.05) is 0 Å². The predicted octanol–water partition coefficient (Wildman–Crippen LogP) is 5.45. The molecule has 1 amide bonds. The van der Waals surface area contributed by atoms with Crippen LogP contribution < -0.4 is 10.1 Å². The van der Waals surface area contributed by atoms with Gasteiger partial charge in [-0.05, 0) is 30.7 Å². The number of benzene rings is 2. The maximum atomic E-state index is 13.1. The zero-order chi connectivity index (χ0) is 20.1. The summed E-state index contributed by atoms with van der Waals surface area (Å²) in [7, 11) is 0. The van der Waals surface area contributed by atoms with Crippen molar-refractivity contribution >= 4 is 11.8 Å². The van der Waals surface area contributed by atoms with Crippen molar-refractivity contribution in [1.82, 2.24) is 9.78 Å². The van der Waals surface area contributed by atoms with Gasteiger partial charge in [-0.2, -0.15) is 18.3 Å². The van der Waals surface area contributed by atoms with Crippen molar-refractivity contribution in [1.29, 1.82) is 0 Å². The van der Waals surface area contributed by atoms with E-state index >= 15 is 0 Å². The molecule has 0 aliphatic carbocycles. The van der Waals surface area contributed by atoms with Gasteiger partial charge in [-0.3, -0.25) is 5.32 Å². The Hall–Kier alpha value is -3.29. The summed E-state index contributed by atoms with van der Waals surface area (Å²) in [6.07, 6.45) is -2.87. The van der Waals surface area contributed by atoms with Gasteiger partial charge in [-0.1, -0.05) is 43.7 Å². The summed E-state index contributed by atoms with van der Waals surface area (Å²) < 4.78 is 46.1. The molecule has 8 heteroatoms. The number of hydrogen-bond acceptors (Lipinski definition) is 3. The van der Waals surface area contributed by atoms with Gasteiger partial charge in [0.25, 0.3) is 0 Å². The number of anilines is 1. The number of halogens is 3. The van der Waals surface area contributed by atoms with Gasteiger partial charge in [0.05, 0.1) is 28.8 Å². The fourth-order valence-electron chi connectivity index (χ4n) is 2.78. The van der Waals surface area contributed by atoms with Gasteiger partial charge < -0.3 is 4.74 Å². The number of nitrogens with one attached hydrogen (secondary N) is 1. The normalized spacial score (nSPS) is 11.3. The van der Waals surface area contributed by atoms with Crippen LogP contribution in [0, 0.1) is 0 Å². The number of rotatable bonds is 5. The minimum absolute atomic E-state index is 0.202. The third-order valence-corrected chi connectivity index (χ3v) is 3.99. The van der Waals surface area contributed by atoms with Crippen molar-refractivity contribution in [2.75, 3.05) is 5.32 Å². The highest BCUT2D eigenvalue weighted by Crippen LogP contribution is 2.34. The van der Waals surface area contributed by atoms with E-state index in [0.717, 1.165) is 18.2 Å². The van der Waals surface area contributed by atoms with Crippen LogP contribution in [0.5, 0.6) is 5.75 Å². The monoisotopic (exact) mass is 389 g/mol. The largest absolute Gasteiger partial charge is 0.418 e. The summed E-state index contributed by atoms with van der Waals surface area (Å²) in [5.41, 5.74) is 0.143. The zero-order valence-electron chi connectivity index (χ0n) is 15.0. The lowest BCUT2D eigenvalue weighted by molar-refractivity contribution is -0.136. The van der Waals surface area contributed by atoms with Gasteiger partial charge in [0.2, 0.25) is 0 Å². The minimum Gasteiger partial charge on any atom is -0.406 e. The van der Waals surface area contributed by atoms with Crippen molar-refractivity contribution in [3.63, 3.8) is 0 Å². The average molecular weight is 389 g/mol. The molecule has 0 aliphatic rings. The van der Waals surface area contributed by atoms with Gasteiger partial charge in [0.1, 0.15) is 0 Å². The lowest BCUT2D eigenvalue weighted by Gasteiger charge is -2.13. The van der Waals surface area contributed by atoms with Crippen LogP contribution in [0.4, 0.5) is 23.7 Å². The second-order valence-electron chi connectivity index (χ2n) is 6.01. The van der Waals surface area contributed by atoms with Crippen LogP contribution in [-0.2, 0) is 12.6 Å². The van der Waals surface area contributed by atoms with E-state index in [1.807, 2.05) is 37.3 Å². The Kier molecular flexibility index (Phi) is 5.67. The molecule has 0 atom stereocenters. The van der Waals surface area contributed by atoms with Crippen molar-refractivity contribution in [3.8, 4) is 11.4 Å². The number of nitrogens with zero attached hydrogens (tertiary/aromatic N) is 2. The highest BCUT2D eigenvalue weighted by Gasteiger charge is 2.33. The molecule has 0 unspecified atom stereocenters. The minimum atomic E-state index is -4.59. The molecule has 5 nitrogen and oxygen atoms in total. The van der Waals surface area contributed by atoms with E-state index in [1.165, 1.54) is 24.4 Å². The van der Waals surface area contributed by atoms with Crippen molar-refractivity contribution in [3.05, 3.63) is 72.1 Å². The van der Waals surface area contributed by atoms with E-state index in [4.69, 9.17) is 4.74 Å². The highest BCUT2D eigenvalue weighted by atomic mass is 19.4. The first-order chi connectivity index (χ1) is 13.4. The van der Waals surface area contributed by atoms with E-state index in [1.54, 1.807) is 4.68 Å². The number of aromatic nitrogens is 2. The number of amides is 1. The van der Waals surface area contributed by atoms with Crippen LogP contribution in [-0.4, -0.2) is 15.9 Å². The van der Waals surface area contributed by atoms with Gasteiger partial charge >= 0.3 is 12.3 Å². The molecule has 2 aromatic carbocycles. The Bertz CT molecular complexity index is 953. The maximum absolute atomic E-state index is 13.1. The van der Waals surface area contributed by atoms with Crippen LogP contribution in [0.2, 0.25) is 0 Å². The summed E-state index contributed by atoms with van der Waals surface area (Å²) in [4.78, 5) is 12.2. The first-order valence-corrected chi connectivity index (χ1v) is 8.67. The molecule has 1 N–H and O–H groups in total. The Morgan fingerprint density at radius 3 is 2.46 bits per heavy atom. The first-order valence-electron chi connectivity index (χ1n) is 8.67. The average Bonchev–Trinajstić information content (AvgIpc) is 3.04. The van der Waals surface area contributed by atoms with Crippen LogP contribution in [0.1, 0.15) is 24.6 Å². The number of hydrogen-bond donors (Lipinski definition) is 1. The molecule has 146 valence electrons. The Labute approximate surface area is 159 Å². The van der Waals surface area contributed by atoms with Crippen LogP contribution >= 0.6 is 0 Å². The summed E-state index contributed by atoms with van der Waals surface area (Å²) in [6.45, 7) is 1.96. The van der Waals surface area contributed by atoms with E-state index in [2.05, 4.69) is 10.4 Å². The number of carbonyl (C=O) groups excluding carboxylic acids is 1. The van der Waals surface area contributed by atoms with Crippen LogP contribution in [0.25, 0.3) is 5.69 Å². The second kappa shape index (κ2) is 8.16. The second-order valence-corrected chi connectivity index (χ2v) is 6.01. The van der Waals surface area contributed by atoms with Crippen LogP contribution in [0.15, 0.2) is 60.8 Å². The molecular formula is C20H18F3N3O2. The summed E-state index contributed by atoms with van der Waals surface area (Å²) in [6, 6.07) is 14.0. The number of ether oxygens (including phenoxy) is 1. The van der Waals surface area contributed by atoms with E-state index in [9.17, 15) is 18.0 Å². The molecule has 0 aliphatic heterocycles. The Balaban J connectivity index is 1.83. The number of alkyl halides is 3.